The maximum Gasteiger partial charge on any atom is 0.293 e. The summed E-state index contributed by atoms with van der Waals surface area (Å²) in [6.45, 7) is 0.510. The maximum absolute atomic E-state index is 13.3. The number of aliphatic hydroxyl groups excluding tert-OH is 1. The van der Waals surface area contributed by atoms with Crippen molar-refractivity contribution in [1.82, 2.24) is 25.0 Å². The Labute approximate surface area is 162 Å². The van der Waals surface area contributed by atoms with Crippen LogP contribution < -0.4 is 5.32 Å². The Balaban J connectivity index is 1.97. The molecule has 2 N–H and O–H groups in total. The number of hydrogen-bond acceptors (Lipinski definition) is 5. The van der Waals surface area contributed by atoms with Gasteiger partial charge in [-0.3, -0.25) is 4.79 Å². The van der Waals surface area contributed by atoms with Crippen molar-refractivity contribution in [3.8, 4) is 17.1 Å². The molecule has 0 bridgehead atoms. The predicted octanol–water partition coefficient (Wildman–Crippen LogP) is 1.73. The topological polar surface area (TPSA) is 83.3 Å². The van der Waals surface area contributed by atoms with Crippen molar-refractivity contribution < 1.29 is 14.3 Å². The van der Waals surface area contributed by atoms with E-state index in [0.29, 0.717) is 18.1 Å². The van der Waals surface area contributed by atoms with E-state index in [1.165, 1.54) is 21.7 Å². The average molecular weight is 383 g/mol. The van der Waals surface area contributed by atoms with Crippen LogP contribution in [0.15, 0.2) is 54.6 Å². The van der Waals surface area contributed by atoms with Crippen LogP contribution in [0.3, 0.4) is 0 Å². The summed E-state index contributed by atoms with van der Waals surface area (Å²) in [7, 11) is 3.31. The standard InChI is InChI=1S/C20H22FN5O2/c1-22-12-17(27)13-25(2)20(28)18-23-19(14-6-4-3-5-7-14)26(24-18)16-10-8-15(21)9-11-16/h3-11,17,22,27H,12-13H2,1-2H3. The number of carbonyl (C=O) groups excluding carboxylic acids is 1. The molecule has 28 heavy (non-hydrogen) atoms. The fourth-order valence-corrected chi connectivity index (χ4v) is 2.81. The quantitative estimate of drug-likeness (QED) is 0.649. The molecule has 146 valence electrons. The Bertz CT molecular complexity index is 928. The lowest BCUT2D eigenvalue weighted by molar-refractivity contribution is 0.0672. The van der Waals surface area contributed by atoms with Crippen molar-refractivity contribution in [3.63, 3.8) is 0 Å². The van der Waals surface area contributed by atoms with Crippen LogP contribution >= 0.6 is 0 Å². The van der Waals surface area contributed by atoms with Crippen molar-refractivity contribution in [2.75, 3.05) is 27.2 Å². The Morgan fingerprint density at radius 3 is 2.54 bits per heavy atom. The highest BCUT2D eigenvalue weighted by molar-refractivity contribution is 5.91. The molecule has 0 aliphatic rings. The van der Waals surface area contributed by atoms with E-state index in [1.54, 1.807) is 26.2 Å². The number of aliphatic hydroxyl groups is 1. The van der Waals surface area contributed by atoms with Crippen molar-refractivity contribution in [2.45, 2.75) is 6.10 Å². The Hall–Kier alpha value is -3.10. The number of aromatic nitrogens is 3. The smallest absolute Gasteiger partial charge is 0.293 e. The number of nitrogens with one attached hydrogen (secondary N) is 1. The highest BCUT2D eigenvalue weighted by atomic mass is 19.1. The van der Waals surface area contributed by atoms with Crippen molar-refractivity contribution in [3.05, 3.63) is 66.2 Å². The van der Waals surface area contributed by atoms with Crippen LogP contribution in [0.25, 0.3) is 17.1 Å². The van der Waals surface area contributed by atoms with Crippen LogP contribution in [0.5, 0.6) is 0 Å². The molecule has 1 aromatic heterocycles. The zero-order valence-electron chi connectivity index (χ0n) is 15.7. The molecule has 0 spiro atoms. The van der Waals surface area contributed by atoms with Gasteiger partial charge in [0, 0.05) is 25.7 Å². The fraction of sp³-hybridized carbons (Fsp3) is 0.250. The Kier molecular flexibility index (Phi) is 6.13. The van der Waals surface area contributed by atoms with Gasteiger partial charge in [-0.05, 0) is 31.3 Å². The number of carbonyl (C=O) groups is 1. The van der Waals surface area contributed by atoms with E-state index in [2.05, 4.69) is 15.4 Å². The number of amides is 1. The minimum atomic E-state index is -0.702. The van der Waals surface area contributed by atoms with Crippen LogP contribution in [0.4, 0.5) is 4.39 Å². The first kappa shape index (κ1) is 19.7. The second-order valence-electron chi connectivity index (χ2n) is 6.41. The monoisotopic (exact) mass is 383 g/mol. The third kappa shape index (κ3) is 4.41. The molecule has 0 fully saturated rings. The molecule has 0 aliphatic carbocycles. The summed E-state index contributed by atoms with van der Waals surface area (Å²) in [5.41, 5.74) is 1.36. The summed E-state index contributed by atoms with van der Waals surface area (Å²) in [5, 5.41) is 17.1. The van der Waals surface area contributed by atoms with E-state index in [4.69, 9.17) is 0 Å². The first-order chi connectivity index (χ1) is 13.5. The molecule has 0 saturated carbocycles. The molecular weight excluding hydrogens is 361 g/mol. The van der Waals surface area contributed by atoms with E-state index in [9.17, 15) is 14.3 Å². The summed E-state index contributed by atoms with van der Waals surface area (Å²) < 4.78 is 14.8. The third-order valence-electron chi connectivity index (χ3n) is 4.17. The molecule has 1 amide bonds. The van der Waals surface area contributed by atoms with Gasteiger partial charge in [-0.25, -0.2) is 14.1 Å². The lowest BCUT2D eigenvalue weighted by Gasteiger charge is -2.19. The van der Waals surface area contributed by atoms with Crippen LogP contribution in [0, 0.1) is 5.82 Å². The van der Waals surface area contributed by atoms with Crippen molar-refractivity contribution >= 4 is 5.91 Å². The minimum absolute atomic E-state index is 0.00216. The molecule has 2 aromatic carbocycles. The normalized spacial score (nSPS) is 12.0. The molecule has 0 aliphatic heterocycles. The predicted molar refractivity (Wildman–Crippen MR) is 104 cm³/mol. The molecule has 0 saturated heterocycles. The van der Waals surface area contributed by atoms with E-state index in [-0.39, 0.29) is 18.2 Å². The summed E-state index contributed by atoms with van der Waals surface area (Å²) in [5.74, 6) is -0.296. The molecule has 1 heterocycles. The van der Waals surface area contributed by atoms with Gasteiger partial charge in [0.05, 0.1) is 11.8 Å². The van der Waals surface area contributed by atoms with Gasteiger partial charge in [0.25, 0.3) is 5.91 Å². The summed E-state index contributed by atoms with van der Waals surface area (Å²) >= 11 is 0. The first-order valence-electron chi connectivity index (χ1n) is 8.86. The molecular formula is C20H22FN5O2. The zero-order valence-corrected chi connectivity index (χ0v) is 15.7. The largest absolute Gasteiger partial charge is 0.390 e. The number of hydrogen-bond donors (Lipinski definition) is 2. The minimum Gasteiger partial charge on any atom is -0.390 e. The molecule has 3 aromatic rings. The van der Waals surface area contributed by atoms with E-state index >= 15 is 0 Å². The number of nitrogens with zero attached hydrogens (tertiary/aromatic N) is 4. The maximum atomic E-state index is 13.3. The number of benzene rings is 2. The first-order valence-corrected chi connectivity index (χ1v) is 8.86. The molecule has 0 radical (unpaired) electrons. The van der Waals surface area contributed by atoms with Gasteiger partial charge in [0.1, 0.15) is 5.82 Å². The molecule has 3 rings (SSSR count). The van der Waals surface area contributed by atoms with Gasteiger partial charge >= 0.3 is 0 Å². The van der Waals surface area contributed by atoms with E-state index in [1.807, 2.05) is 30.3 Å². The van der Waals surface area contributed by atoms with Gasteiger partial charge < -0.3 is 15.3 Å². The fourth-order valence-electron chi connectivity index (χ4n) is 2.81. The van der Waals surface area contributed by atoms with Crippen LogP contribution in [-0.4, -0.2) is 64.0 Å². The lowest BCUT2D eigenvalue weighted by Crippen LogP contribution is -2.39. The SMILES string of the molecule is CNCC(O)CN(C)C(=O)c1nc(-c2ccccc2)n(-c2ccc(F)cc2)n1. The lowest BCUT2D eigenvalue weighted by atomic mass is 10.2. The van der Waals surface area contributed by atoms with Crippen LogP contribution in [0.1, 0.15) is 10.6 Å². The summed E-state index contributed by atoms with van der Waals surface area (Å²) in [6, 6.07) is 15.1. The van der Waals surface area contributed by atoms with Gasteiger partial charge in [-0.2, -0.15) is 0 Å². The molecule has 1 unspecified atom stereocenters. The van der Waals surface area contributed by atoms with Gasteiger partial charge in [0.2, 0.25) is 5.82 Å². The number of rotatable bonds is 7. The second kappa shape index (κ2) is 8.73. The van der Waals surface area contributed by atoms with Crippen molar-refractivity contribution in [1.29, 1.82) is 0 Å². The average Bonchev–Trinajstić information content (AvgIpc) is 3.14. The molecule has 8 heteroatoms. The number of halogens is 1. The Morgan fingerprint density at radius 1 is 1.21 bits per heavy atom. The van der Waals surface area contributed by atoms with Crippen molar-refractivity contribution in [2.24, 2.45) is 0 Å². The molecule has 1 atom stereocenters. The van der Waals surface area contributed by atoms with Gasteiger partial charge in [-0.15, -0.1) is 5.10 Å². The molecule has 7 nitrogen and oxygen atoms in total. The van der Waals surface area contributed by atoms with Crippen LogP contribution in [-0.2, 0) is 0 Å². The highest BCUT2D eigenvalue weighted by Gasteiger charge is 2.22. The van der Waals surface area contributed by atoms with E-state index < -0.39 is 12.0 Å². The van der Waals surface area contributed by atoms with E-state index in [0.717, 1.165) is 5.56 Å². The van der Waals surface area contributed by atoms with Gasteiger partial charge in [-0.1, -0.05) is 30.3 Å². The zero-order chi connectivity index (χ0) is 20.1. The Morgan fingerprint density at radius 2 is 1.89 bits per heavy atom. The highest BCUT2D eigenvalue weighted by Crippen LogP contribution is 2.21. The number of likely N-dealkylation sites (N-methyl/N-ethyl adjacent to an activating group) is 2. The summed E-state index contributed by atoms with van der Waals surface area (Å²) in [6.07, 6.45) is -0.702. The third-order valence-corrected chi connectivity index (χ3v) is 4.17. The van der Waals surface area contributed by atoms with Crippen LogP contribution in [0.2, 0.25) is 0 Å². The second-order valence-corrected chi connectivity index (χ2v) is 6.41. The summed E-state index contributed by atoms with van der Waals surface area (Å²) in [4.78, 5) is 18.6. The van der Waals surface area contributed by atoms with Gasteiger partial charge in [0.15, 0.2) is 5.82 Å².